The van der Waals surface area contributed by atoms with Gasteiger partial charge in [-0.1, -0.05) is 42.5 Å². The third-order valence-corrected chi connectivity index (χ3v) is 7.96. The fourth-order valence-electron chi connectivity index (χ4n) is 4.09. The van der Waals surface area contributed by atoms with Crippen LogP contribution in [0.2, 0.25) is 0 Å². The average molecular weight is 529 g/mol. The van der Waals surface area contributed by atoms with E-state index in [-0.39, 0.29) is 28.7 Å². The highest BCUT2D eigenvalue weighted by Crippen LogP contribution is 2.57. The molecule has 196 valence electrons. The number of nitrogens with zero attached hydrogens (tertiary/aromatic N) is 3. The van der Waals surface area contributed by atoms with E-state index < -0.39 is 18.8 Å². The Kier molecular flexibility index (Phi) is 9.42. The number of benzene rings is 2. The summed E-state index contributed by atoms with van der Waals surface area (Å²) in [4.78, 5) is 42.1. The van der Waals surface area contributed by atoms with Crippen LogP contribution in [0.15, 0.2) is 54.6 Å². The van der Waals surface area contributed by atoms with Crippen LogP contribution in [0.4, 0.5) is 5.69 Å². The molecule has 0 aliphatic heterocycles. The van der Waals surface area contributed by atoms with Gasteiger partial charge in [-0.05, 0) is 32.0 Å². The molecule has 37 heavy (non-hydrogen) atoms. The van der Waals surface area contributed by atoms with Crippen LogP contribution in [0.5, 0.6) is 0 Å². The van der Waals surface area contributed by atoms with Gasteiger partial charge in [0, 0.05) is 25.2 Å². The first-order chi connectivity index (χ1) is 17.6. The molecule has 0 saturated carbocycles. The summed E-state index contributed by atoms with van der Waals surface area (Å²) in [5.74, 6) is -0.667. The van der Waals surface area contributed by atoms with Crippen molar-refractivity contribution < 1.29 is 28.4 Å². The molecule has 2 aromatic carbocycles. The molecular weight excluding hydrogens is 497 g/mol. The summed E-state index contributed by atoms with van der Waals surface area (Å²) in [7, 11) is 0.818. The summed E-state index contributed by atoms with van der Waals surface area (Å²) in [6.07, 6.45) is 0. The number of nitro groups is 1. The molecule has 0 aliphatic rings. The fraction of sp³-hybridized carbons (Fsp3) is 0.308. The molecule has 1 heterocycles. The van der Waals surface area contributed by atoms with Crippen LogP contribution in [-0.2, 0) is 20.3 Å². The van der Waals surface area contributed by atoms with Crippen molar-refractivity contribution in [3.63, 3.8) is 0 Å². The van der Waals surface area contributed by atoms with Crippen molar-refractivity contribution in [3.8, 4) is 11.1 Å². The standard InChI is InChI=1S/C26H31N3O7P/c1-18-23(26(30)36-15-14-28(3)17-20-10-7-6-8-11-20)24(21-12-9-13-22(16-21)29(31)32)25(19(2)27-18)37(33,34-4)35-5/h6-13,16,33H,14-15,17H2,1-5H3/q+1. The number of non-ortho nitro benzene ring substituents is 1. The second kappa shape index (κ2) is 12.3. The Labute approximate surface area is 216 Å². The molecule has 11 heteroatoms. The number of aryl methyl sites for hydroxylation is 2. The Bertz CT molecular complexity index is 1270. The number of nitro benzene ring substituents is 1. The lowest BCUT2D eigenvalue weighted by Crippen LogP contribution is -2.27. The monoisotopic (exact) mass is 528 g/mol. The molecule has 0 radical (unpaired) electrons. The Balaban J connectivity index is 2.00. The zero-order chi connectivity index (χ0) is 27.2. The van der Waals surface area contributed by atoms with E-state index in [4.69, 9.17) is 13.8 Å². The smallest absolute Gasteiger partial charge is 0.448 e. The number of esters is 1. The number of carbonyl (C=O) groups excluding carboxylic acids is 1. The van der Waals surface area contributed by atoms with Gasteiger partial charge in [-0.2, -0.15) is 13.9 Å². The Morgan fingerprint density at radius 1 is 1.08 bits per heavy atom. The van der Waals surface area contributed by atoms with Crippen molar-refractivity contribution in [2.75, 3.05) is 34.4 Å². The molecule has 10 nitrogen and oxygen atoms in total. The van der Waals surface area contributed by atoms with E-state index in [1.54, 1.807) is 19.9 Å². The van der Waals surface area contributed by atoms with Crippen LogP contribution in [-0.4, -0.2) is 60.1 Å². The lowest BCUT2D eigenvalue weighted by molar-refractivity contribution is -0.384. The Morgan fingerprint density at radius 3 is 2.38 bits per heavy atom. The summed E-state index contributed by atoms with van der Waals surface area (Å²) in [6, 6.07) is 15.7. The van der Waals surface area contributed by atoms with Crippen molar-refractivity contribution in [1.82, 2.24) is 9.88 Å². The fourth-order valence-corrected chi connectivity index (χ4v) is 5.59. The van der Waals surface area contributed by atoms with Crippen LogP contribution >= 0.6 is 7.94 Å². The second-order valence-corrected chi connectivity index (χ2v) is 10.7. The minimum atomic E-state index is -3.68. The number of ether oxygens (including phenoxy) is 1. The number of aromatic nitrogens is 1. The van der Waals surface area contributed by atoms with Gasteiger partial charge in [-0.15, -0.1) is 0 Å². The van der Waals surface area contributed by atoms with E-state index >= 15 is 0 Å². The van der Waals surface area contributed by atoms with Gasteiger partial charge in [0.15, 0.2) is 0 Å². The summed E-state index contributed by atoms with van der Waals surface area (Å²) < 4.78 is 16.3. The van der Waals surface area contributed by atoms with E-state index in [0.29, 0.717) is 30.0 Å². The molecule has 0 bridgehead atoms. The number of rotatable bonds is 11. The normalized spacial score (nSPS) is 11.5. The predicted molar refractivity (Wildman–Crippen MR) is 142 cm³/mol. The minimum absolute atomic E-state index is 0.0827. The van der Waals surface area contributed by atoms with E-state index in [9.17, 15) is 19.8 Å². The molecule has 0 aliphatic carbocycles. The molecule has 1 N–H and O–H groups in total. The summed E-state index contributed by atoms with van der Waals surface area (Å²) in [5.41, 5.74) is 2.33. The van der Waals surface area contributed by atoms with Gasteiger partial charge in [0.25, 0.3) is 5.69 Å². The van der Waals surface area contributed by atoms with E-state index in [1.165, 1.54) is 32.4 Å². The summed E-state index contributed by atoms with van der Waals surface area (Å²) in [5, 5.41) is 11.6. The van der Waals surface area contributed by atoms with Crippen LogP contribution in [0.3, 0.4) is 0 Å². The molecule has 0 saturated heterocycles. The molecule has 3 rings (SSSR count). The first kappa shape index (κ1) is 28.3. The third-order valence-electron chi connectivity index (χ3n) is 5.86. The number of hydrogen-bond acceptors (Lipinski definition) is 9. The highest BCUT2D eigenvalue weighted by molar-refractivity contribution is 7.69. The van der Waals surface area contributed by atoms with Crippen LogP contribution in [0, 0.1) is 24.0 Å². The van der Waals surface area contributed by atoms with Crippen LogP contribution in [0.1, 0.15) is 27.3 Å². The molecule has 3 aromatic rings. The molecule has 0 amide bonds. The van der Waals surface area contributed by atoms with Gasteiger partial charge in [0.05, 0.1) is 41.7 Å². The first-order valence-electron chi connectivity index (χ1n) is 11.5. The largest absolute Gasteiger partial charge is 0.461 e. The summed E-state index contributed by atoms with van der Waals surface area (Å²) >= 11 is 0. The average Bonchev–Trinajstić information content (AvgIpc) is 2.88. The molecule has 0 unspecified atom stereocenters. The highest BCUT2D eigenvalue weighted by Gasteiger charge is 2.48. The zero-order valence-electron chi connectivity index (χ0n) is 21.5. The first-order valence-corrected chi connectivity index (χ1v) is 13.1. The van der Waals surface area contributed by atoms with Crippen molar-refractivity contribution in [2.24, 2.45) is 0 Å². The summed E-state index contributed by atoms with van der Waals surface area (Å²) in [6.45, 7) is 4.57. The van der Waals surface area contributed by atoms with E-state index in [2.05, 4.69) is 4.98 Å². The predicted octanol–water partition coefficient (Wildman–Crippen LogP) is 4.24. The Morgan fingerprint density at radius 2 is 1.76 bits per heavy atom. The molecule has 0 atom stereocenters. The molecule has 1 aromatic heterocycles. The van der Waals surface area contributed by atoms with Crippen molar-refractivity contribution in [3.05, 3.63) is 87.2 Å². The Hall–Kier alpha value is -3.27. The van der Waals surface area contributed by atoms with Crippen molar-refractivity contribution >= 4 is 24.9 Å². The van der Waals surface area contributed by atoms with Gasteiger partial charge in [-0.25, -0.2) is 4.79 Å². The van der Waals surface area contributed by atoms with Gasteiger partial charge in [-0.3, -0.25) is 20.0 Å². The number of pyridine rings is 1. The number of hydrogen-bond donors (Lipinski definition) is 1. The zero-order valence-corrected chi connectivity index (χ0v) is 22.4. The van der Waals surface area contributed by atoms with Crippen molar-refractivity contribution in [1.29, 1.82) is 0 Å². The quantitative estimate of drug-likeness (QED) is 0.168. The van der Waals surface area contributed by atoms with Gasteiger partial charge < -0.3 is 4.74 Å². The van der Waals surface area contributed by atoms with Crippen molar-refractivity contribution in [2.45, 2.75) is 20.4 Å². The number of carbonyl (C=O) groups is 1. The maximum absolute atomic E-state index is 13.4. The maximum Gasteiger partial charge on any atom is 0.448 e. The van der Waals surface area contributed by atoms with Gasteiger partial charge in [0.2, 0.25) is 5.30 Å². The van der Waals surface area contributed by atoms with Crippen LogP contribution < -0.4 is 5.30 Å². The maximum atomic E-state index is 13.4. The van der Waals surface area contributed by atoms with Gasteiger partial charge in [0.1, 0.15) is 6.61 Å². The lowest BCUT2D eigenvalue weighted by Gasteiger charge is -2.21. The molecule has 0 spiro atoms. The SMILES string of the molecule is CO[P+](O)(OC)c1c(C)nc(C)c(C(=O)OCCN(C)Cc2ccccc2)c1-c1cccc([N+](=O)[O-])c1. The minimum Gasteiger partial charge on any atom is -0.461 e. The third kappa shape index (κ3) is 6.54. The van der Waals surface area contributed by atoms with Crippen LogP contribution in [0.25, 0.3) is 11.1 Å². The molecule has 0 fully saturated rings. The topological polar surface area (TPSA) is 124 Å². The highest BCUT2D eigenvalue weighted by atomic mass is 31.2. The molecular formula is C26H31N3O7P+. The second-order valence-electron chi connectivity index (χ2n) is 8.43. The lowest BCUT2D eigenvalue weighted by atomic mass is 9.97. The van der Waals surface area contributed by atoms with E-state index in [1.807, 2.05) is 42.3 Å². The number of likely N-dealkylation sites (N-methyl/N-ethyl adjacent to an activating group) is 1. The van der Waals surface area contributed by atoms with Gasteiger partial charge >= 0.3 is 13.9 Å². The van der Waals surface area contributed by atoms with E-state index in [0.717, 1.165) is 5.56 Å².